The first-order chi connectivity index (χ1) is 4.35. The first-order valence-corrected chi connectivity index (χ1v) is 8.38. The molecule has 0 heterocycles. The van der Waals surface area contributed by atoms with Gasteiger partial charge in [-0.25, -0.2) is 0 Å². The minimum absolute atomic E-state index is 1.01. The Morgan fingerprint density at radius 2 is 1.67 bits per heavy atom. The fourth-order valence-electron chi connectivity index (χ4n) is 0.809. The normalized spacial score (nSPS) is 9.67. The van der Waals surface area contributed by atoms with Gasteiger partial charge in [0.15, 0.2) is 0 Å². The van der Waals surface area contributed by atoms with Crippen LogP contribution in [0.25, 0.3) is 0 Å². The molecule has 0 bridgehead atoms. The Kier molecular flexibility index (Phi) is 7.16. The molecular formula is C7H17GaO. The van der Waals surface area contributed by atoms with Crippen LogP contribution in [0.3, 0.4) is 0 Å². The number of rotatable bonds is 5. The maximum absolute atomic E-state index is 5.68. The van der Waals surface area contributed by atoms with Crippen molar-refractivity contribution in [2.45, 2.75) is 37.1 Å². The zero-order chi connectivity index (χ0) is 7.11. The monoisotopic (exact) mass is 186 g/mol. The molecule has 0 atom stereocenters. The minimum atomic E-state index is -1.13. The van der Waals surface area contributed by atoms with Crippen LogP contribution in [0, 0.1) is 0 Å². The summed E-state index contributed by atoms with van der Waals surface area (Å²) in [4.78, 5) is 2.67. The molecule has 0 N–H and O–H groups in total. The summed E-state index contributed by atoms with van der Waals surface area (Å²) in [6, 6.07) is 0. The first-order valence-electron chi connectivity index (χ1n) is 3.96. The van der Waals surface area contributed by atoms with Crippen molar-refractivity contribution in [2.75, 3.05) is 6.61 Å². The van der Waals surface area contributed by atoms with Crippen molar-refractivity contribution in [1.82, 2.24) is 0 Å². The molecule has 0 aromatic rings. The van der Waals surface area contributed by atoms with Gasteiger partial charge in [0, 0.05) is 0 Å². The molecule has 0 aromatic heterocycles. The molecule has 0 saturated carbocycles. The van der Waals surface area contributed by atoms with E-state index in [-0.39, 0.29) is 0 Å². The molecule has 0 rings (SSSR count). The molecular weight excluding hydrogens is 170 g/mol. The van der Waals surface area contributed by atoms with E-state index in [1.54, 1.807) is 0 Å². The van der Waals surface area contributed by atoms with Gasteiger partial charge >= 0.3 is 63.9 Å². The van der Waals surface area contributed by atoms with E-state index in [2.05, 4.69) is 20.8 Å². The van der Waals surface area contributed by atoms with Crippen molar-refractivity contribution in [3.05, 3.63) is 0 Å². The van der Waals surface area contributed by atoms with Crippen molar-refractivity contribution in [1.29, 1.82) is 0 Å². The van der Waals surface area contributed by atoms with E-state index in [0.717, 1.165) is 6.61 Å². The number of hydrogen-bond donors (Lipinski definition) is 0. The van der Waals surface area contributed by atoms with E-state index < -0.39 is 16.6 Å². The molecule has 0 radical (unpaired) electrons. The fourth-order valence-corrected chi connectivity index (χ4v) is 4.20. The zero-order valence-corrected chi connectivity index (χ0v) is 9.24. The van der Waals surface area contributed by atoms with Crippen LogP contribution < -0.4 is 0 Å². The average molecular weight is 187 g/mol. The standard InChI is InChI=1S/C3H7O.2C2H5.Ga/c1-2-3-4;2*1-2;/h2-3H2,1H3;2*1H2,2H3;/q-1;;;+1. The van der Waals surface area contributed by atoms with Crippen LogP contribution in [-0.4, -0.2) is 23.2 Å². The van der Waals surface area contributed by atoms with Crippen molar-refractivity contribution in [3.63, 3.8) is 0 Å². The third-order valence-corrected chi connectivity index (χ3v) is 6.77. The van der Waals surface area contributed by atoms with Crippen molar-refractivity contribution < 1.29 is 3.53 Å². The van der Waals surface area contributed by atoms with Gasteiger partial charge in [0.2, 0.25) is 0 Å². The molecule has 0 aromatic carbocycles. The van der Waals surface area contributed by atoms with E-state index in [1.165, 1.54) is 16.4 Å². The van der Waals surface area contributed by atoms with Crippen LogP contribution in [0.5, 0.6) is 0 Å². The summed E-state index contributed by atoms with van der Waals surface area (Å²) >= 11 is -1.13. The van der Waals surface area contributed by atoms with E-state index in [9.17, 15) is 0 Å². The van der Waals surface area contributed by atoms with Gasteiger partial charge in [-0.1, -0.05) is 0 Å². The second-order valence-electron chi connectivity index (χ2n) is 2.31. The van der Waals surface area contributed by atoms with E-state index in [0.29, 0.717) is 0 Å². The van der Waals surface area contributed by atoms with Gasteiger partial charge in [0.05, 0.1) is 0 Å². The molecule has 0 aliphatic heterocycles. The Morgan fingerprint density at radius 1 is 1.11 bits per heavy atom. The third kappa shape index (κ3) is 5.06. The van der Waals surface area contributed by atoms with E-state index in [1.807, 2.05) is 0 Å². The van der Waals surface area contributed by atoms with Gasteiger partial charge in [-0.2, -0.15) is 0 Å². The van der Waals surface area contributed by atoms with Crippen molar-refractivity contribution in [3.8, 4) is 0 Å². The molecule has 0 aliphatic carbocycles. The Labute approximate surface area is 64.2 Å². The SMILES string of the molecule is CCC[O][Ga]([CH2]C)[CH2]C. The van der Waals surface area contributed by atoms with Crippen LogP contribution in [-0.2, 0) is 3.53 Å². The van der Waals surface area contributed by atoms with Crippen LogP contribution in [0.15, 0.2) is 0 Å². The molecule has 1 nitrogen and oxygen atoms in total. The molecule has 9 heavy (non-hydrogen) atoms. The Hall–Kier alpha value is 0.596. The average Bonchev–Trinajstić information content (AvgIpc) is 1.91. The molecule has 0 spiro atoms. The summed E-state index contributed by atoms with van der Waals surface area (Å²) in [7, 11) is 0. The van der Waals surface area contributed by atoms with Crippen LogP contribution in [0.4, 0.5) is 0 Å². The van der Waals surface area contributed by atoms with Gasteiger partial charge in [0.25, 0.3) is 0 Å². The molecule has 0 saturated heterocycles. The first kappa shape index (κ1) is 9.60. The van der Waals surface area contributed by atoms with Gasteiger partial charge in [0.1, 0.15) is 0 Å². The molecule has 0 unspecified atom stereocenters. The molecule has 0 fully saturated rings. The van der Waals surface area contributed by atoms with Crippen LogP contribution >= 0.6 is 0 Å². The second-order valence-corrected chi connectivity index (χ2v) is 9.04. The number of hydrogen-bond acceptors (Lipinski definition) is 1. The van der Waals surface area contributed by atoms with E-state index >= 15 is 0 Å². The summed E-state index contributed by atoms with van der Waals surface area (Å²) in [6.45, 7) is 7.69. The quantitative estimate of drug-likeness (QED) is 0.600. The fraction of sp³-hybridized carbons (Fsp3) is 1.00. The summed E-state index contributed by atoms with van der Waals surface area (Å²) in [5.74, 6) is 0. The van der Waals surface area contributed by atoms with E-state index in [4.69, 9.17) is 3.53 Å². The Balaban J connectivity index is 3.09. The van der Waals surface area contributed by atoms with Crippen LogP contribution in [0.1, 0.15) is 27.2 Å². The van der Waals surface area contributed by atoms with Gasteiger partial charge in [-0.05, 0) is 0 Å². The molecule has 0 aliphatic rings. The predicted molar refractivity (Wildman–Crippen MR) is 43.0 cm³/mol. The zero-order valence-electron chi connectivity index (χ0n) is 6.81. The molecule has 54 valence electrons. The van der Waals surface area contributed by atoms with Crippen molar-refractivity contribution >= 4 is 16.6 Å². The van der Waals surface area contributed by atoms with Gasteiger partial charge in [-0.15, -0.1) is 0 Å². The Morgan fingerprint density at radius 3 is 2.00 bits per heavy atom. The second kappa shape index (κ2) is 6.71. The van der Waals surface area contributed by atoms with Gasteiger partial charge < -0.3 is 0 Å². The summed E-state index contributed by atoms with van der Waals surface area (Å²) < 4.78 is 5.68. The Bertz CT molecular complexity index is 52.9. The summed E-state index contributed by atoms with van der Waals surface area (Å²) in [5.41, 5.74) is 0. The van der Waals surface area contributed by atoms with Crippen LogP contribution in [0.2, 0.25) is 9.95 Å². The predicted octanol–water partition coefficient (Wildman–Crippen LogP) is 2.44. The maximum atomic E-state index is 5.68. The molecule has 0 amide bonds. The van der Waals surface area contributed by atoms with Gasteiger partial charge in [-0.3, -0.25) is 0 Å². The topological polar surface area (TPSA) is 9.23 Å². The summed E-state index contributed by atoms with van der Waals surface area (Å²) in [5, 5.41) is 0. The third-order valence-electron chi connectivity index (χ3n) is 1.47. The van der Waals surface area contributed by atoms with Crippen molar-refractivity contribution in [2.24, 2.45) is 0 Å². The summed E-state index contributed by atoms with van der Waals surface area (Å²) in [6.07, 6.45) is 1.18. The molecule has 2 heteroatoms.